The predicted octanol–water partition coefficient (Wildman–Crippen LogP) is 2.82. The van der Waals surface area contributed by atoms with Crippen LogP contribution in [0.2, 0.25) is 0 Å². The fourth-order valence-electron chi connectivity index (χ4n) is 2.03. The summed E-state index contributed by atoms with van der Waals surface area (Å²) in [6.07, 6.45) is 2.81. The fraction of sp³-hybridized carbons (Fsp3) is 0.357. The van der Waals surface area contributed by atoms with Gasteiger partial charge in [-0.3, -0.25) is 4.68 Å². The van der Waals surface area contributed by atoms with Crippen LogP contribution in [0.3, 0.4) is 0 Å². The molecule has 0 saturated heterocycles. The summed E-state index contributed by atoms with van der Waals surface area (Å²) in [6, 6.07) is 7.17. The summed E-state index contributed by atoms with van der Waals surface area (Å²) in [5.74, 6) is -0.172. The number of rotatable bonds is 5. The minimum atomic E-state index is -0.172. The number of nitrogens with zero attached hydrogens (tertiary/aromatic N) is 2. The number of hydrogen-bond acceptors (Lipinski definition) is 2. The summed E-state index contributed by atoms with van der Waals surface area (Å²) >= 11 is 0. The molecule has 0 atom stereocenters. The van der Waals surface area contributed by atoms with Gasteiger partial charge in [-0.1, -0.05) is 6.92 Å². The van der Waals surface area contributed by atoms with Crippen LogP contribution < -0.4 is 5.32 Å². The van der Waals surface area contributed by atoms with Gasteiger partial charge in [0, 0.05) is 30.4 Å². The topological polar surface area (TPSA) is 29.9 Å². The number of nitrogens with one attached hydrogen (secondary N) is 1. The zero-order valence-corrected chi connectivity index (χ0v) is 10.8. The highest BCUT2D eigenvalue weighted by Crippen LogP contribution is 2.22. The van der Waals surface area contributed by atoms with Gasteiger partial charge in [0.15, 0.2) is 0 Å². The smallest absolute Gasteiger partial charge is 0.127 e. The Kier molecular flexibility index (Phi) is 4.10. The van der Waals surface area contributed by atoms with E-state index in [-0.39, 0.29) is 5.82 Å². The highest BCUT2D eigenvalue weighted by molar-refractivity contribution is 5.60. The molecule has 0 saturated carbocycles. The zero-order valence-electron chi connectivity index (χ0n) is 10.8. The molecular formula is C14H18FN3. The average molecular weight is 247 g/mol. The maximum Gasteiger partial charge on any atom is 0.127 e. The molecule has 18 heavy (non-hydrogen) atoms. The maximum absolute atomic E-state index is 13.6. The molecule has 1 N–H and O–H groups in total. The number of aryl methyl sites for hydroxylation is 1. The van der Waals surface area contributed by atoms with Crippen molar-refractivity contribution in [3.05, 3.63) is 41.8 Å². The van der Waals surface area contributed by atoms with Crippen molar-refractivity contribution in [3.63, 3.8) is 0 Å². The lowest BCUT2D eigenvalue weighted by molar-refractivity contribution is 0.598. The van der Waals surface area contributed by atoms with Crippen molar-refractivity contribution in [3.8, 4) is 11.3 Å². The number of hydrogen-bond donors (Lipinski definition) is 1. The standard InChI is InChI=1S/C14H18FN3/c1-3-8-18-14(6-7-17-18)11-4-5-13(15)12(9-11)10-16-2/h4-7,9,16H,3,8,10H2,1-2H3. The normalized spacial score (nSPS) is 10.8. The molecule has 4 heteroatoms. The molecule has 0 spiro atoms. The molecule has 0 aliphatic heterocycles. The number of aromatic nitrogens is 2. The molecule has 2 rings (SSSR count). The van der Waals surface area contributed by atoms with Crippen LogP contribution in [-0.2, 0) is 13.1 Å². The highest BCUT2D eigenvalue weighted by atomic mass is 19.1. The van der Waals surface area contributed by atoms with Crippen molar-refractivity contribution in [2.75, 3.05) is 7.05 Å². The summed E-state index contributed by atoms with van der Waals surface area (Å²) in [6.45, 7) is 3.52. The van der Waals surface area contributed by atoms with Gasteiger partial charge in [0.2, 0.25) is 0 Å². The predicted molar refractivity (Wildman–Crippen MR) is 70.7 cm³/mol. The number of benzene rings is 1. The third-order valence-corrected chi connectivity index (χ3v) is 2.86. The summed E-state index contributed by atoms with van der Waals surface area (Å²) in [5.41, 5.74) is 2.72. The van der Waals surface area contributed by atoms with Crippen LogP contribution in [0.4, 0.5) is 4.39 Å². The van der Waals surface area contributed by atoms with Gasteiger partial charge in [-0.2, -0.15) is 5.10 Å². The second kappa shape index (κ2) is 5.78. The van der Waals surface area contributed by atoms with Gasteiger partial charge in [-0.15, -0.1) is 0 Å². The van der Waals surface area contributed by atoms with E-state index >= 15 is 0 Å². The van der Waals surface area contributed by atoms with Crippen molar-refractivity contribution < 1.29 is 4.39 Å². The van der Waals surface area contributed by atoms with Gasteiger partial charge >= 0.3 is 0 Å². The lowest BCUT2D eigenvalue weighted by Gasteiger charge is -2.09. The summed E-state index contributed by atoms with van der Waals surface area (Å²) in [5, 5.41) is 7.26. The van der Waals surface area contributed by atoms with Crippen LogP contribution >= 0.6 is 0 Å². The molecule has 0 aliphatic carbocycles. The minimum Gasteiger partial charge on any atom is -0.316 e. The van der Waals surface area contributed by atoms with E-state index in [0.717, 1.165) is 24.2 Å². The van der Waals surface area contributed by atoms with Crippen LogP contribution in [-0.4, -0.2) is 16.8 Å². The first kappa shape index (κ1) is 12.8. The van der Waals surface area contributed by atoms with E-state index in [1.807, 2.05) is 23.9 Å². The quantitative estimate of drug-likeness (QED) is 0.880. The Labute approximate surface area is 107 Å². The van der Waals surface area contributed by atoms with Gasteiger partial charge in [0.25, 0.3) is 0 Å². The van der Waals surface area contributed by atoms with Gasteiger partial charge in [-0.05, 0) is 37.7 Å². The van der Waals surface area contributed by atoms with Crippen LogP contribution in [0, 0.1) is 5.82 Å². The molecule has 96 valence electrons. The SMILES string of the molecule is CCCn1nccc1-c1ccc(F)c(CNC)c1. The third-order valence-electron chi connectivity index (χ3n) is 2.86. The van der Waals surface area contributed by atoms with Gasteiger partial charge in [-0.25, -0.2) is 4.39 Å². The van der Waals surface area contributed by atoms with Gasteiger partial charge < -0.3 is 5.32 Å². The van der Waals surface area contributed by atoms with Crippen LogP contribution in [0.15, 0.2) is 30.5 Å². The van der Waals surface area contributed by atoms with Gasteiger partial charge in [0.05, 0.1) is 5.69 Å². The molecular weight excluding hydrogens is 229 g/mol. The molecule has 0 radical (unpaired) electrons. The van der Waals surface area contributed by atoms with Crippen LogP contribution in [0.5, 0.6) is 0 Å². The fourth-order valence-corrected chi connectivity index (χ4v) is 2.03. The Morgan fingerprint density at radius 1 is 1.33 bits per heavy atom. The monoisotopic (exact) mass is 247 g/mol. The molecule has 0 amide bonds. The zero-order chi connectivity index (χ0) is 13.0. The molecule has 1 aromatic heterocycles. The second-order valence-electron chi connectivity index (χ2n) is 4.28. The molecule has 0 aliphatic rings. The summed E-state index contributed by atoms with van der Waals surface area (Å²) in [7, 11) is 1.81. The Morgan fingerprint density at radius 2 is 2.17 bits per heavy atom. The van der Waals surface area contributed by atoms with E-state index < -0.39 is 0 Å². The maximum atomic E-state index is 13.6. The van der Waals surface area contributed by atoms with E-state index in [1.54, 1.807) is 12.3 Å². The molecule has 2 aromatic rings. The Morgan fingerprint density at radius 3 is 2.89 bits per heavy atom. The van der Waals surface area contributed by atoms with Crippen LogP contribution in [0.1, 0.15) is 18.9 Å². The lowest BCUT2D eigenvalue weighted by Crippen LogP contribution is -2.07. The Bertz CT molecular complexity index is 520. The molecule has 1 heterocycles. The third kappa shape index (κ3) is 2.59. The van der Waals surface area contributed by atoms with E-state index in [2.05, 4.69) is 17.3 Å². The molecule has 1 aromatic carbocycles. The largest absolute Gasteiger partial charge is 0.316 e. The van der Waals surface area contributed by atoms with E-state index in [9.17, 15) is 4.39 Å². The van der Waals surface area contributed by atoms with Crippen molar-refractivity contribution in [1.29, 1.82) is 0 Å². The first-order chi connectivity index (χ1) is 8.76. The molecule has 0 unspecified atom stereocenters. The first-order valence-corrected chi connectivity index (χ1v) is 6.21. The summed E-state index contributed by atoms with van der Waals surface area (Å²) < 4.78 is 15.5. The molecule has 0 fully saturated rings. The van der Waals surface area contributed by atoms with Gasteiger partial charge in [0.1, 0.15) is 5.82 Å². The van der Waals surface area contributed by atoms with E-state index in [0.29, 0.717) is 12.1 Å². The van der Waals surface area contributed by atoms with E-state index in [1.165, 1.54) is 6.07 Å². The Hall–Kier alpha value is -1.68. The van der Waals surface area contributed by atoms with Crippen molar-refractivity contribution in [2.45, 2.75) is 26.4 Å². The molecule has 3 nitrogen and oxygen atoms in total. The molecule has 0 bridgehead atoms. The summed E-state index contributed by atoms with van der Waals surface area (Å²) in [4.78, 5) is 0. The van der Waals surface area contributed by atoms with Crippen molar-refractivity contribution in [1.82, 2.24) is 15.1 Å². The highest BCUT2D eigenvalue weighted by Gasteiger charge is 2.08. The van der Waals surface area contributed by atoms with Crippen molar-refractivity contribution >= 4 is 0 Å². The van der Waals surface area contributed by atoms with Crippen LogP contribution in [0.25, 0.3) is 11.3 Å². The second-order valence-corrected chi connectivity index (χ2v) is 4.28. The number of halogens is 1. The first-order valence-electron chi connectivity index (χ1n) is 6.21. The minimum absolute atomic E-state index is 0.172. The Balaban J connectivity index is 2.38. The average Bonchev–Trinajstić information content (AvgIpc) is 2.81. The lowest BCUT2D eigenvalue weighted by atomic mass is 10.1. The van der Waals surface area contributed by atoms with Crippen molar-refractivity contribution in [2.24, 2.45) is 0 Å². The van der Waals surface area contributed by atoms with E-state index in [4.69, 9.17) is 0 Å².